The molecule has 0 spiro atoms. The standard InChI is InChI=1S/C19H19N3OS2/c1-14-5-7-15(8-6-14)17-13-25-19(24)22(17)12-18(23)21-11-9-16-4-2-3-10-20-16/h2-8,10,13H,9,11-12H2,1H3,(H,21,23). The summed E-state index contributed by atoms with van der Waals surface area (Å²) in [5.41, 5.74) is 4.22. The van der Waals surface area contributed by atoms with Crippen molar-refractivity contribution in [2.45, 2.75) is 19.9 Å². The Hall–Kier alpha value is -2.31. The molecule has 0 aliphatic rings. The highest BCUT2D eigenvalue weighted by atomic mass is 32.1. The fourth-order valence-electron chi connectivity index (χ4n) is 2.51. The van der Waals surface area contributed by atoms with Gasteiger partial charge in [0.2, 0.25) is 5.91 Å². The molecule has 0 fully saturated rings. The van der Waals surface area contributed by atoms with Gasteiger partial charge in [0.1, 0.15) is 6.54 Å². The van der Waals surface area contributed by atoms with Crippen LogP contribution in [0.3, 0.4) is 0 Å². The summed E-state index contributed by atoms with van der Waals surface area (Å²) in [7, 11) is 0. The molecule has 0 saturated heterocycles. The normalized spacial score (nSPS) is 10.6. The van der Waals surface area contributed by atoms with E-state index in [0.717, 1.165) is 17.0 Å². The Kier molecular flexibility index (Phi) is 5.73. The summed E-state index contributed by atoms with van der Waals surface area (Å²) in [6.45, 7) is 2.85. The van der Waals surface area contributed by atoms with Gasteiger partial charge in [-0.05, 0) is 36.8 Å². The van der Waals surface area contributed by atoms with Crippen molar-refractivity contribution in [3.8, 4) is 11.3 Å². The number of thiazole rings is 1. The number of rotatable bonds is 6. The highest BCUT2D eigenvalue weighted by Gasteiger charge is 2.11. The van der Waals surface area contributed by atoms with E-state index in [1.54, 1.807) is 6.20 Å². The molecule has 0 atom stereocenters. The maximum Gasteiger partial charge on any atom is 0.240 e. The van der Waals surface area contributed by atoms with Crippen LogP contribution in [0.15, 0.2) is 54.0 Å². The molecule has 0 radical (unpaired) electrons. The molecule has 0 unspecified atom stereocenters. The second-order valence-corrected chi connectivity index (χ2v) is 7.26. The Labute approximate surface area is 156 Å². The molecule has 2 aromatic heterocycles. The third-order valence-electron chi connectivity index (χ3n) is 3.86. The number of carbonyl (C=O) groups is 1. The summed E-state index contributed by atoms with van der Waals surface area (Å²) in [6.07, 6.45) is 2.47. The van der Waals surface area contributed by atoms with Crippen molar-refractivity contribution < 1.29 is 4.79 Å². The minimum atomic E-state index is -0.0428. The summed E-state index contributed by atoms with van der Waals surface area (Å²) in [4.78, 5) is 16.6. The van der Waals surface area contributed by atoms with Crippen molar-refractivity contribution in [1.82, 2.24) is 14.9 Å². The van der Waals surface area contributed by atoms with Gasteiger partial charge in [-0.1, -0.05) is 35.9 Å². The number of hydrogen-bond acceptors (Lipinski definition) is 4. The number of pyridine rings is 1. The SMILES string of the molecule is Cc1ccc(-c2csc(=S)n2CC(=O)NCCc2ccccn2)cc1. The molecule has 0 bridgehead atoms. The molecule has 0 saturated carbocycles. The van der Waals surface area contributed by atoms with Crippen LogP contribution in [0.5, 0.6) is 0 Å². The molecule has 128 valence electrons. The first kappa shape index (κ1) is 17.5. The van der Waals surface area contributed by atoms with Crippen molar-refractivity contribution in [3.05, 3.63) is 69.3 Å². The van der Waals surface area contributed by atoms with E-state index in [0.29, 0.717) is 16.9 Å². The lowest BCUT2D eigenvalue weighted by Crippen LogP contribution is -2.29. The first-order valence-corrected chi connectivity index (χ1v) is 9.34. The monoisotopic (exact) mass is 369 g/mol. The number of hydrogen-bond donors (Lipinski definition) is 1. The molecule has 4 nitrogen and oxygen atoms in total. The van der Waals surface area contributed by atoms with Gasteiger partial charge in [-0.3, -0.25) is 9.78 Å². The number of aryl methyl sites for hydroxylation is 1. The molecular formula is C19H19N3OS2. The topological polar surface area (TPSA) is 46.9 Å². The maximum atomic E-state index is 12.3. The molecule has 25 heavy (non-hydrogen) atoms. The molecule has 6 heteroatoms. The van der Waals surface area contributed by atoms with Gasteiger partial charge in [0.15, 0.2) is 3.95 Å². The zero-order chi connectivity index (χ0) is 17.6. The summed E-state index contributed by atoms with van der Waals surface area (Å²) >= 11 is 6.88. The van der Waals surface area contributed by atoms with Gasteiger partial charge in [0.05, 0.1) is 5.69 Å². The van der Waals surface area contributed by atoms with Crippen LogP contribution in [0.1, 0.15) is 11.3 Å². The van der Waals surface area contributed by atoms with Crippen LogP contribution in [0.25, 0.3) is 11.3 Å². The molecular weight excluding hydrogens is 350 g/mol. The lowest BCUT2D eigenvalue weighted by Gasteiger charge is -2.10. The zero-order valence-corrected chi connectivity index (χ0v) is 15.6. The Bertz CT molecular complexity index is 898. The van der Waals surface area contributed by atoms with E-state index in [1.165, 1.54) is 16.9 Å². The van der Waals surface area contributed by atoms with E-state index in [-0.39, 0.29) is 12.5 Å². The lowest BCUT2D eigenvalue weighted by atomic mass is 10.1. The summed E-state index contributed by atoms with van der Waals surface area (Å²) in [6, 6.07) is 14.0. The van der Waals surface area contributed by atoms with Gasteiger partial charge in [0.25, 0.3) is 0 Å². The largest absolute Gasteiger partial charge is 0.354 e. The Morgan fingerprint density at radius 2 is 2.04 bits per heavy atom. The summed E-state index contributed by atoms with van der Waals surface area (Å²) in [5.74, 6) is -0.0428. The van der Waals surface area contributed by atoms with Crippen LogP contribution < -0.4 is 5.32 Å². The number of nitrogens with zero attached hydrogens (tertiary/aromatic N) is 2. The molecule has 1 aromatic carbocycles. The molecule has 0 aliphatic carbocycles. The van der Waals surface area contributed by atoms with Gasteiger partial charge < -0.3 is 9.88 Å². The van der Waals surface area contributed by atoms with Crippen LogP contribution >= 0.6 is 23.6 Å². The maximum absolute atomic E-state index is 12.3. The van der Waals surface area contributed by atoms with Crippen molar-refractivity contribution >= 4 is 29.5 Å². The van der Waals surface area contributed by atoms with Gasteiger partial charge in [-0.15, -0.1) is 11.3 Å². The van der Waals surface area contributed by atoms with E-state index in [2.05, 4.69) is 41.5 Å². The first-order chi connectivity index (χ1) is 12.1. The van der Waals surface area contributed by atoms with Gasteiger partial charge in [-0.2, -0.15) is 0 Å². The number of aromatic nitrogens is 2. The first-order valence-electron chi connectivity index (χ1n) is 8.05. The predicted molar refractivity (Wildman–Crippen MR) is 104 cm³/mol. The van der Waals surface area contributed by atoms with Crippen molar-refractivity contribution in [3.63, 3.8) is 0 Å². The average Bonchev–Trinajstić information content (AvgIpc) is 2.97. The summed E-state index contributed by atoms with van der Waals surface area (Å²) < 4.78 is 2.59. The Morgan fingerprint density at radius 1 is 1.24 bits per heavy atom. The van der Waals surface area contributed by atoms with Crippen molar-refractivity contribution in [1.29, 1.82) is 0 Å². The highest BCUT2D eigenvalue weighted by molar-refractivity contribution is 7.73. The number of nitrogens with one attached hydrogen (secondary N) is 1. The molecule has 1 amide bonds. The van der Waals surface area contributed by atoms with Crippen molar-refractivity contribution in [2.24, 2.45) is 0 Å². The van der Waals surface area contributed by atoms with E-state index in [4.69, 9.17) is 12.2 Å². The quantitative estimate of drug-likeness (QED) is 0.668. The van der Waals surface area contributed by atoms with Crippen LogP contribution in [0, 0.1) is 10.9 Å². The molecule has 2 heterocycles. The zero-order valence-electron chi connectivity index (χ0n) is 13.9. The van der Waals surface area contributed by atoms with Gasteiger partial charge in [-0.25, -0.2) is 0 Å². The van der Waals surface area contributed by atoms with Crippen LogP contribution in [-0.2, 0) is 17.8 Å². The van der Waals surface area contributed by atoms with E-state index in [9.17, 15) is 4.79 Å². The molecule has 3 aromatic rings. The number of carbonyl (C=O) groups excluding carboxylic acids is 1. The minimum absolute atomic E-state index is 0.0428. The molecule has 1 N–H and O–H groups in total. The summed E-state index contributed by atoms with van der Waals surface area (Å²) in [5, 5.41) is 4.95. The Morgan fingerprint density at radius 3 is 2.76 bits per heavy atom. The van der Waals surface area contributed by atoms with E-state index in [1.807, 2.05) is 28.1 Å². The second kappa shape index (κ2) is 8.18. The van der Waals surface area contributed by atoms with Crippen molar-refractivity contribution in [2.75, 3.05) is 6.54 Å². The lowest BCUT2D eigenvalue weighted by molar-refractivity contribution is -0.121. The van der Waals surface area contributed by atoms with Gasteiger partial charge >= 0.3 is 0 Å². The van der Waals surface area contributed by atoms with Crippen LogP contribution in [-0.4, -0.2) is 22.0 Å². The van der Waals surface area contributed by atoms with Crippen LogP contribution in [0.2, 0.25) is 0 Å². The molecule has 0 aliphatic heterocycles. The fourth-order valence-corrected chi connectivity index (χ4v) is 3.58. The van der Waals surface area contributed by atoms with E-state index < -0.39 is 0 Å². The fraction of sp³-hybridized carbons (Fsp3) is 0.211. The average molecular weight is 370 g/mol. The van der Waals surface area contributed by atoms with Crippen LogP contribution in [0.4, 0.5) is 0 Å². The molecule has 3 rings (SSSR count). The number of amides is 1. The smallest absolute Gasteiger partial charge is 0.240 e. The highest BCUT2D eigenvalue weighted by Crippen LogP contribution is 2.24. The minimum Gasteiger partial charge on any atom is -0.354 e. The van der Waals surface area contributed by atoms with Gasteiger partial charge in [0, 0.05) is 30.2 Å². The Balaban J connectivity index is 1.64. The van der Waals surface area contributed by atoms with E-state index >= 15 is 0 Å². The third-order valence-corrected chi connectivity index (χ3v) is 5.13. The predicted octanol–water partition coefficient (Wildman–Crippen LogP) is 4.01. The second-order valence-electron chi connectivity index (χ2n) is 5.76. The number of benzene rings is 1. The third kappa shape index (κ3) is 4.61.